The number of pyridine rings is 1. The molecule has 0 unspecified atom stereocenters. The molecule has 2 atom stereocenters. The normalized spacial score (nSPS) is 20.1. The zero-order valence-corrected chi connectivity index (χ0v) is 19.1. The Kier molecular flexibility index (Phi) is 6.02. The van der Waals surface area contributed by atoms with Crippen LogP contribution in [0.5, 0.6) is 0 Å². The number of nitrogens with zero attached hydrogens (tertiary/aromatic N) is 4. The maximum atomic E-state index is 13.7. The fourth-order valence-electron chi connectivity index (χ4n) is 5.12. The molecule has 3 aromatic rings. The third-order valence-electron chi connectivity index (χ3n) is 6.81. The van der Waals surface area contributed by atoms with Gasteiger partial charge in [0.25, 0.3) is 0 Å². The van der Waals surface area contributed by atoms with Crippen LogP contribution in [0, 0.1) is 0 Å². The summed E-state index contributed by atoms with van der Waals surface area (Å²) in [6.45, 7) is 6.14. The highest BCUT2D eigenvalue weighted by atomic mass is 35.5. The van der Waals surface area contributed by atoms with Gasteiger partial charge in [-0.2, -0.15) is 5.10 Å². The van der Waals surface area contributed by atoms with Gasteiger partial charge in [-0.3, -0.25) is 9.89 Å². The van der Waals surface area contributed by atoms with Crippen molar-refractivity contribution in [1.29, 1.82) is 0 Å². The fraction of sp³-hybridized carbons (Fsp3) is 0.458. The van der Waals surface area contributed by atoms with Gasteiger partial charge < -0.3 is 15.1 Å². The second kappa shape index (κ2) is 9.08. The number of hydrogen-bond donors (Lipinski definition) is 2. The van der Waals surface area contributed by atoms with Gasteiger partial charge >= 0.3 is 0 Å². The number of nitrogens with one attached hydrogen (secondary N) is 2. The highest BCUT2D eigenvalue weighted by Crippen LogP contribution is 2.32. The van der Waals surface area contributed by atoms with Gasteiger partial charge in [0.15, 0.2) is 5.65 Å². The molecule has 168 valence electrons. The number of H-pyrrole nitrogens is 1. The number of benzene rings is 1. The van der Waals surface area contributed by atoms with Crippen molar-refractivity contribution in [2.75, 3.05) is 37.6 Å². The first-order chi connectivity index (χ1) is 15.7. The maximum absolute atomic E-state index is 13.7. The molecule has 2 aromatic heterocycles. The summed E-state index contributed by atoms with van der Waals surface area (Å²) in [5, 5.41) is 12.5. The molecule has 2 fully saturated rings. The van der Waals surface area contributed by atoms with Crippen molar-refractivity contribution in [2.45, 2.75) is 38.1 Å². The molecule has 2 aliphatic rings. The van der Waals surface area contributed by atoms with E-state index in [0.717, 1.165) is 55.5 Å². The Morgan fingerprint density at radius 2 is 1.97 bits per heavy atom. The van der Waals surface area contributed by atoms with Gasteiger partial charge in [-0.05, 0) is 49.1 Å². The first-order valence-corrected chi connectivity index (χ1v) is 11.9. The van der Waals surface area contributed by atoms with E-state index in [1.165, 1.54) is 11.3 Å². The van der Waals surface area contributed by atoms with Gasteiger partial charge in [0.2, 0.25) is 5.91 Å². The molecule has 2 aliphatic heterocycles. The zero-order chi connectivity index (χ0) is 22.1. The first-order valence-electron chi connectivity index (χ1n) is 11.5. The smallest absolute Gasteiger partial charge is 0.231 e. The Morgan fingerprint density at radius 1 is 1.19 bits per heavy atom. The van der Waals surface area contributed by atoms with Crippen LogP contribution in [0.2, 0.25) is 5.02 Å². The van der Waals surface area contributed by atoms with E-state index in [1.807, 2.05) is 41.6 Å². The standard InChI is InChI=1S/C24H29ClN6O/c1-2-16-14-27-23-19(15-28-29-23)22(16)30-10-12-31(13-11-30)24(32)21(20-4-3-9-26-20)17-5-7-18(25)8-6-17/h5-8,14-15,20-21,26H,2-4,9-13H2,1H3,(H,27,28,29)/t20-,21-/m0/s1. The molecule has 2 N–H and O–H groups in total. The summed E-state index contributed by atoms with van der Waals surface area (Å²) in [5.41, 5.74) is 4.27. The topological polar surface area (TPSA) is 77.2 Å². The molecule has 8 heteroatoms. The Hall–Kier alpha value is -2.64. The van der Waals surface area contributed by atoms with Crippen LogP contribution in [-0.2, 0) is 11.2 Å². The van der Waals surface area contributed by atoms with E-state index in [0.29, 0.717) is 18.1 Å². The van der Waals surface area contributed by atoms with E-state index in [-0.39, 0.29) is 17.9 Å². The van der Waals surface area contributed by atoms with Crippen LogP contribution < -0.4 is 10.2 Å². The Bertz CT molecular complexity index is 1080. The van der Waals surface area contributed by atoms with Crippen molar-refractivity contribution in [2.24, 2.45) is 0 Å². The number of carbonyl (C=O) groups is 1. The lowest BCUT2D eigenvalue weighted by molar-refractivity contribution is -0.133. The number of aromatic amines is 1. The number of rotatable bonds is 5. The number of fused-ring (bicyclic) bond motifs is 1. The summed E-state index contributed by atoms with van der Waals surface area (Å²) in [6, 6.07) is 7.95. The van der Waals surface area contributed by atoms with Gasteiger partial charge in [0.1, 0.15) is 0 Å². The second-order valence-corrected chi connectivity index (χ2v) is 9.10. The highest BCUT2D eigenvalue weighted by molar-refractivity contribution is 6.30. The van der Waals surface area contributed by atoms with Crippen LogP contribution >= 0.6 is 11.6 Å². The number of halogens is 1. The third-order valence-corrected chi connectivity index (χ3v) is 7.06. The SMILES string of the molecule is CCc1cnc2[nH]ncc2c1N1CCN(C(=O)[C@@H](c2ccc(Cl)cc2)[C@@H]2CCCN2)CC1. The summed E-state index contributed by atoms with van der Waals surface area (Å²) >= 11 is 6.11. The van der Waals surface area contributed by atoms with Gasteiger partial charge in [-0.1, -0.05) is 30.7 Å². The molecular formula is C24H29ClN6O. The van der Waals surface area contributed by atoms with Crippen LogP contribution in [-0.4, -0.2) is 64.8 Å². The largest absolute Gasteiger partial charge is 0.367 e. The average Bonchev–Trinajstić information content (AvgIpc) is 3.52. The minimum Gasteiger partial charge on any atom is -0.367 e. The van der Waals surface area contributed by atoms with Crippen molar-refractivity contribution in [1.82, 2.24) is 25.4 Å². The zero-order valence-electron chi connectivity index (χ0n) is 18.4. The van der Waals surface area contributed by atoms with E-state index in [9.17, 15) is 4.79 Å². The van der Waals surface area contributed by atoms with E-state index >= 15 is 0 Å². The van der Waals surface area contributed by atoms with Crippen LogP contribution in [0.1, 0.15) is 36.8 Å². The average molecular weight is 453 g/mol. The lowest BCUT2D eigenvalue weighted by atomic mass is 9.89. The molecule has 7 nitrogen and oxygen atoms in total. The van der Waals surface area contributed by atoms with Crippen LogP contribution in [0.3, 0.4) is 0 Å². The number of aromatic nitrogens is 3. The number of amides is 1. The summed E-state index contributed by atoms with van der Waals surface area (Å²) < 4.78 is 0. The minimum absolute atomic E-state index is 0.172. The number of aryl methyl sites for hydroxylation is 1. The van der Waals surface area contributed by atoms with Crippen molar-refractivity contribution in [3.8, 4) is 0 Å². The van der Waals surface area contributed by atoms with Crippen LogP contribution in [0.4, 0.5) is 5.69 Å². The Morgan fingerprint density at radius 3 is 2.66 bits per heavy atom. The van der Waals surface area contributed by atoms with Gasteiger partial charge in [0, 0.05) is 43.4 Å². The number of anilines is 1. The molecule has 4 heterocycles. The molecule has 1 amide bonds. The Balaban J connectivity index is 1.35. The molecule has 5 rings (SSSR count). The summed E-state index contributed by atoms with van der Waals surface area (Å²) in [4.78, 5) is 22.6. The number of hydrogen-bond acceptors (Lipinski definition) is 5. The molecule has 2 saturated heterocycles. The van der Waals surface area contributed by atoms with Crippen molar-refractivity contribution >= 4 is 34.2 Å². The summed E-state index contributed by atoms with van der Waals surface area (Å²) in [7, 11) is 0. The Labute approximate surface area is 193 Å². The lowest BCUT2D eigenvalue weighted by Crippen LogP contribution is -2.52. The van der Waals surface area contributed by atoms with Crippen molar-refractivity contribution in [3.05, 3.63) is 52.8 Å². The van der Waals surface area contributed by atoms with Gasteiger partial charge in [0.05, 0.1) is 23.2 Å². The van der Waals surface area contributed by atoms with Crippen LogP contribution in [0.15, 0.2) is 36.7 Å². The quantitative estimate of drug-likeness (QED) is 0.620. The number of carbonyl (C=O) groups excluding carboxylic acids is 1. The fourth-order valence-corrected chi connectivity index (χ4v) is 5.25. The monoisotopic (exact) mass is 452 g/mol. The number of piperazine rings is 1. The van der Waals surface area contributed by atoms with Gasteiger partial charge in [-0.15, -0.1) is 0 Å². The molecule has 0 radical (unpaired) electrons. The third kappa shape index (κ3) is 3.95. The molecule has 0 saturated carbocycles. The molecule has 0 spiro atoms. The van der Waals surface area contributed by atoms with Gasteiger partial charge in [-0.25, -0.2) is 4.98 Å². The van der Waals surface area contributed by atoms with Crippen LogP contribution in [0.25, 0.3) is 11.0 Å². The van der Waals surface area contributed by atoms with E-state index < -0.39 is 0 Å². The highest BCUT2D eigenvalue weighted by Gasteiger charge is 2.36. The molecule has 0 bridgehead atoms. The molecule has 0 aliphatic carbocycles. The predicted molar refractivity (Wildman–Crippen MR) is 127 cm³/mol. The molecule has 1 aromatic carbocycles. The van der Waals surface area contributed by atoms with Crippen molar-refractivity contribution < 1.29 is 4.79 Å². The molecule has 32 heavy (non-hydrogen) atoms. The minimum atomic E-state index is -0.172. The predicted octanol–water partition coefficient (Wildman–Crippen LogP) is 3.36. The lowest BCUT2D eigenvalue weighted by Gasteiger charge is -2.39. The summed E-state index contributed by atoms with van der Waals surface area (Å²) in [5.74, 6) is 0.0410. The second-order valence-electron chi connectivity index (χ2n) is 8.66. The van der Waals surface area contributed by atoms with E-state index in [1.54, 1.807) is 0 Å². The maximum Gasteiger partial charge on any atom is 0.231 e. The molecular weight excluding hydrogens is 424 g/mol. The van der Waals surface area contributed by atoms with Crippen molar-refractivity contribution in [3.63, 3.8) is 0 Å². The first kappa shape index (κ1) is 21.2. The van der Waals surface area contributed by atoms with E-state index in [2.05, 4.69) is 32.3 Å². The van der Waals surface area contributed by atoms with E-state index in [4.69, 9.17) is 11.6 Å². The summed E-state index contributed by atoms with van der Waals surface area (Å²) in [6.07, 6.45) is 6.84.